The van der Waals surface area contributed by atoms with Crippen LogP contribution in [0.3, 0.4) is 0 Å². The summed E-state index contributed by atoms with van der Waals surface area (Å²) in [4.78, 5) is 11.4. The van der Waals surface area contributed by atoms with E-state index in [-0.39, 0.29) is 5.97 Å². The van der Waals surface area contributed by atoms with Crippen molar-refractivity contribution in [2.45, 2.75) is 25.6 Å². The van der Waals surface area contributed by atoms with Crippen LogP contribution in [0.2, 0.25) is 0 Å². The summed E-state index contributed by atoms with van der Waals surface area (Å²) in [6, 6.07) is 5.97. The van der Waals surface area contributed by atoms with E-state index in [1.165, 1.54) is 0 Å². The summed E-state index contributed by atoms with van der Waals surface area (Å²) >= 11 is 9.41. The van der Waals surface area contributed by atoms with Gasteiger partial charge in [0.25, 0.3) is 0 Å². The van der Waals surface area contributed by atoms with Crippen LogP contribution in [-0.2, 0) is 16.0 Å². The predicted octanol–water partition coefficient (Wildman–Crippen LogP) is 3.47. The van der Waals surface area contributed by atoms with Gasteiger partial charge < -0.3 is 4.74 Å². The Morgan fingerprint density at radius 1 is 1.56 bits per heavy atom. The molecule has 1 aromatic carbocycles. The van der Waals surface area contributed by atoms with Crippen molar-refractivity contribution in [1.29, 1.82) is 0 Å². The highest BCUT2D eigenvalue weighted by Gasteiger charge is 2.18. The van der Waals surface area contributed by atoms with Gasteiger partial charge in [0, 0.05) is 10.9 Å². The van der Waals surface area contributed by atoms with Crippen LogP contribution < -0.4 is 0 Å². The zero-order chi connectivity index (χ0) is 12.1. The maximum Gasteiger partial charge on any atom is 0.324 e. The number of esters is 1. The van der Waals surface area contributed by atoms with Crippen LogP contribution in [0, 0.1) is 6.92 Å². The zero-order valence-electron chi connectivity index (χ0n) is 9.30. The van der Waals surface area contributed by atoms with Gasteiger partial charge in [-0.05, 0) is 25.5 Å². The quantitative estimate of drug-likeness (QED) is 0.629. The summed E-state index contributed by atoms with van der Waals surface area (Å²) in [5.74, 6) is -0.363. The fraction of sp³-hybridized carbons (Fsp3) is 0.417. The van der Waals surface area contributed by atoms with Crippen LogP contribution in [0.25, 0.3) is 0 Å². The third-order valence-corrected chi connectivity index (χ3v) is 3.25. The van der Waals surface area contributed by atoms with Gasteiger partial charge in [-0.2, -0.15) is 0 Å². The Labute approximate surface area is 109 Å². The largest absolute Gasteiger partial charge is 0.465 e. The number of carbonyl (C=O) groups is 1. The molecular formula is C12H14BrClO2. The van der Waals surface area contributed by atoms with E-state index < -0.39 is 5.38 Å². The first-order valence-corrected chi connectivity index (χ1v) is 6.33. The topological polar surface area (TPSA) is 26.3 Å². The zero-order valence-corrected chi connectivity index (χ0v) is 11.6. The van der Waals surface area contributed by atoms with Gasteiger partial charge >= 0.3 is 5.97 Å². The number of hydrogen-bond donors (Lipinski definition) is 0. The normalized spacial score (nSPS) is 12.2. The highest BCUT2D eigenvalue weighted by Crippen LogP contribution is 2.21. The minimum Gasteiger partial charge on any atom is -0.465 e. The number of aryl methyl sites for hydroxylation is 1. The summed E-state index contributed by atoms with van der Waals surface area (Å²) in [6.07, 6.45) is 0.475. The number of hydrogen-bond acceptors (Lipinski definition) is 2. The molecule has 88 valence electrons. The van der Waals surface area contributed by atoms with Crippen LogP contribution in [0.15, 0.2) is 22.7 Å². The molecule has 1 atom stereocenters. The summed E-state index contributed by atoms with van der Waals surface area (Å²) < 4.78 is 5.83. The number of rotatable bonds is 4. The SMILES string of the molecule is CCOC(=O)C(Cl)Cc1cc(C)ccc1Br. The molecule has 0 bridgehead atoms. The van der Waals surface area contributed by atoms with Gasteiger partial charge in [-0.3, -0.25) is 4.79 Å². The van der Waals surface area contributed by atoms with E-state index in [9.17, 15) is 4.79 Å². The molecular weight excluding hydrogens is 291 g/mol. The third kappa shape index (κ3) is 3.80. The first-order valence-electron chi connectivity index (χ1n) is 5.10. The Morgan fingerprint density at radius 2 is 2.25 bits per heavy atom. The lowest BCUT2D eigenvalue weighted by Crippen LogP contribution is -2.20. The van der Waals surface area contributed by atoms with E-state index in [4.69, 9.17) is 16.3 Å². The Balaban J connectivity index is 2.72. The average molecular weight is 306 g/mol. The lowest BCUT2D eigenvalue weighted by atomic mass is 10.1. The molecule has 0 N–H and O–H groups in total. The van der Waals surface area contributed by atoms with Crippen molar-refractivity contribution in [3.05, 3.63) is 33.8 Å². The Bertz CT molecular complexity index is 379. The highest BCUT2D eigenvalue weighted by molar-refractivity contribution is 9.10. The molecule has 0 aliphatic heterocycles. The summed E-state index contributed by atoms with van der Waals surface area (Å²) in [6.45, 7) is 4.13. The van der Waals surface area contributed by atoms with E-state index in [2.05, 4.69) is 15.9 Å². The summed E-state index contributed by atoms with van der Waals surface area (Å²) in [5, 5.41) is -0.627. The third-order valence-electron chi connectivity index (χ3n) is 2.14. The molecule has 0 radical (unpaired) electrons. The average Bonchev–Trinajstić information content (AvgIpc) is 2.23. The number of alkyl halides is 1. The lowest BCUT2D eigenvalue weighted by Gasteiger charge is -2.10. The van der Waals surface area contributed by atoms with Crippen molar-refractivity contribution in [1.82, 2.24) is 0 Å². The molecule has 0 heterocycles. The Hall–Kier alpha value is -0.540. The van der Waals surface area contributed by atoms with E-state index in [0.717, 1.165) is 15.6 Å². The van der Waals surface area contributed by atoms with Crippen molar-refractivity contribution in [3.8, 4) is 0 Å². The van der Waals surface area contributed by atoms with Crippen LogP contribution >= 0.6 is 27.5 Å². The summed E-state index contributed by atoms with van der Waals surface area (Å²) in [7, 11) is 0. The van der Waals surface area contributed by atoms with Crippen molar-refractivity contribution < 1.29 is 9.53 Å². The smallest absolute Gasteiger partial charge is 0.324 e. The van der Waals surface area contributed by atoms with E-state index in [1.54, 1.807) is 6.92 Å². The van der Waals surface area contributed by atoms with Gasteiger partial charge in [-0.1, -0.05) is 33.6 Å². The first-order chi connectivity index (χ1) is 7.54. The van der Waals surface area contributed by atoms with Crippen LogP contribution in [0.5, 0.6) is 0 Å². The number of ether oxygens (including phenoxy) is 1. The second-order valence-corrected chi connectivity index (χ2v) is 4.90. The first kappa shape index (κ1) is 13.5. The molecule has 0 spiro atoms. The number of halogens is 2. The fourth-order valence-electron chi connectivity index (χ4n) is 1.37. The van der Waals surface area contributed by atoms with Gasteiger partial charge in [0.15, 0.2) is 0 Å². The van der Waals surface area contributed by atoms with Crippen LogP contribution in [0.1, 0.15) is 18.1 Å². The second-order valence-electron chi connectivity index (χ2n) is 3.52. The van der Waals surface area contributed by atoms with Gasteiger partial charge in [-0.25, -0.2) is 0 Å². The summed E-state index contributed by atoms with van der Waals surface area (Å²) in [5.41, 5.74) is 2.17. The van der Waals surface area contributed by atoms with Crippen molar-refractivity contribution in [2.75, 3.05) is 6.61 Å². The molecule has 0 aliphatic carbocycles. The van der Waals surface area contributed by atoms with Crippen molar-refractivity contribution in [3.63, 3.8) is 0 Å². The van der Waals surface area contributed by atoms with Crippen LogP contribution in [-0.4, -0.2) is 18.0 Å². The van der Waals surface area contributed by atoms with Gasteiger partial charge in [0.2, 0.25) is 0 Å². The van der Waals surface area contributed by atoms with Crippen LogP contribution in [0.4, 0.5) is 0 Å². The van der Waals surface area contributed by atoms with Crippen molar-refractivity contribution in [2.24, 2.45) is 0 Å². The Morgan fingerprint density at radius 3 is 2.88 bits per heavy atom. The van der Waals surface area contributed by atoms with Gasteiger partial charge in [0.05, 0.1) is 6.61 Å². The van der Waals surface area contributed by atoms with Gasteiger partial charge in [-0.15, -0.1) is 11.6 Å². The molecule has 0 saturated heterocycles. The molecule has 0 saturated carbocycles. The maximum atomic E-state index is 11.4. The molecule has 16 heavy (non-hydrogen) atoms. The molecule has 0 amide bonds. The molecule has 1 rings (SSSR count). The van der Waals surface area contributed by atoms with E-state index in [1.807, 2.05) is 25.1 Å². The second kappa shape index (κ2) is 6.26. The molecule has 0 aromatic heterocycles. The van der Waals surface area contributed by atoms with E-state index in [0.29, 0.717) is 13.0 Å². The number of carbonyl (C=O) groups excluding carboxylic acids is 1. The monoisotopic (exact) mass is 304 g/mol. The Kier molecular flexibility index (Phi) is 5.29. The minimum absolute atomic E-state index is 0.358. The predicted molar refractivity (Wildman–Crippen MR) is 68.9 cm³/mol. The molecule has 1 unspecified atom stereocenters. The molecule has 4 heteroatoms. The standard InChI is InChI=1S/C12H14BrClO2/c1-3-16-12(15)11(14)7-9-6-8(2)4-5-10(9)13/h4-6,11H,3,7H2,1-2H3. The van der Waals surface area contributed by atoms with Crippen molar-refractivity contribution >= 4 is 33.5 Å². The fourth-order valence-corrected chi connectivity index (χ4v) is 2.01. The molecule has 0 fully saturated rings. The van der Waals surface area contributed by atoms with Gasteiger partial charge in [0.1, 0.15) is 5.38 Å². The minimum atomic E-state index is -0.627. The molecule has 1 aromatic rings. The maximum absolute atomic E-state index is 11.4. The molecule has 0 aliphatic rings. The number of benzene rings is 1. The lowest BCUT2D eigenvalue weighted by molar-refractivity contribution is -0.142. The van der Waals surface area contributed by atoms with E-state index >= 15 is 0 Å². The molecule has 2 nitrogen and oxygen atoms in total. The highest BCUT2D eigenvalue weighted by atomic mass is 79.9.